The normalized spacial score (nSPS) is 18.7. The van der Waals surface area contributed by atoms with Crippen LogP contribution in [-0.2, 0) is 4.79 Å². The number of para-hydroxylation sites is 1. The molecule has 1 N–H and O–H groups in total. The zero-order valence-electron chi connectivity index (χ0n) is 11.4. The number of aliphatic hydroxyl groups is 1. The molecule has 1 aromatic rings. The van der Waals surface area contributed by atoms with E-state index >= 15 is 0 Å². The van der Waals surface area contributed by atoms with Crippen LogP contribution >= 0.6 is 0 Å². The van der Waals surface area contributed by atoms with E-state index in [1.165, 1.54) is 0 Å². The summed E-state index contributed by atoms with van der Waals surface area (Å²) < 4.78 is 5.65. The SMILES string of the molecule is CN(C)CC(=O)N1CCOc2ccccc2C1CO. The Bertz CT molecular complexity index is 448. The van der Waals surface area contributed by atoms with Crippen LogP contribution in [0.25, 0.3) is 0 Å². The van der Waals surface area contributed by atoms with Crippen molar-refractivity contribution in [2.24, 2.45) is 0 Å². The first-order valence-electron chi connectivity index (χ1n) is 6.40. The number of hydrogen-bond donors (Lipinski definition) is 1. The van der Waals surface area contributed by atoms with Gasteiger partial charge in [0.15, 0.2) is 0 Å². The van der Waals surface area contributed by atoms with E-state index in [1.54, 1.807) is 4.90 Å². The number of likely N-dealkylation sites (N-methyl/N-ethyl adjacent to an activating group) is 1. The van der Waals surface area contributed by atoms with Crippen molar-refractivity contribution in [1.29, 1.82) is 0 Å². The molecule has 5 heteroatoms. The van der Waals surface area contributed by atoms with Gasteiger partial charge in [-0.3, -0.25) is 4.79 Å². The Hall–Kier alpha value is -1.59. The molecule has 19 heavy (non-hydrogen) atoms. The topological polar surface area (TPSA) is 53.0 Å². The van der Waals surface area contributed by atoms with Gasteiger partial charge in [-0.1, -0.05) is 18.2 Å². The van der Waals surface area contributed by atoms with E-state index in [0.717, 1.165) is 11.3 Å². The maximum absolute atomic E-state index is 12.3. The Morgan fingerprint density at radius 1 is 1.47 bits per heavy atom. The van der Waals surface area contributed by atoms with Gasteiger partial charge in [-0.05, 0) is 20.2 Å². The fourth-order valence-corrected chi connectivity index (χ4v) is 2.32. The highest BCUT2D eigenvalue weighted by Gasteiger charge is 2.29. The monoisotopic (exact) mass is 264 g/mol. The molecule has 0 aromatic heterocycles. The standard InChI is InChI=1S/C14H20N2O3/c1-15(2)9-14(18)16-7-8-19-13-6-4-3-5-11(13)12(16)10-17/h3-6,12,17H,7-10H2,1-2H3. The van der Waals surface area contributed by atoms with Crippen LogP contribution in [0, 0.1) is 0 Å². The van der Waals surface area contributed by atoms with Crippen molar-refractivity contribution < 1.29 is 14.6 Å². The van der Waals surface area contributed by atoms with Crippen molar-refractivity contribution in [3.05, 3.63) is 29.8 Å². The second kappa shape index (κ2) is 6.04. The molecule has 0 bridgehead atoms. The zero-order valence-corrected chi connectivity index (χ0v) is 11.4. The van der Waals surface area contributed by atoms with Gasteiger partial charge in [0.25, 0.3) is 0 Å². The summed E-state index contributed by atoms with van der Waals surface area (Å²) in [4.78, 5) is 15.8. The van der Waals surface area contributed by atoms with Gasteiger partial charge in [0.1, 0.15) is 12.4 Å². The van der Waals surface area contributed by atoms with Crippen LogP contribution in [0.3, 0.4) is 0 Å². The lowest BCUT2D eigenvalue weighted by atomic mass is 10.0. The number of rotatable bonds is 3. The molecule has 1 heterocycles. The molecule has 104 valence electrons. The molecule has 0 saturated carbocycles. The molecule has 1 aliphatic heterocycles. The number of nitrogens with zero attached hydrogens (tertiary/aromatic N) is 2. The van der Waals surface area contributed by atoms with Crippen LogP contribution in [0.1, 0.15) is 11.6 Å². The van der Waals surface area contributed by atoms with Crippen LogP contribution in [-0.4, -0.2) is 61.2 Å². The van der Waals surface area contributed by atoms with E-state index in [1.807, 2.05) is 43.3 Å². The van der Waals surface area contributed by atoms with Gasteiger partial charge >= 0.3 is 0 Å². The summed E-state index contributed by atoms with van der Waals surface area (Å²) in [5.74, 6) is 0.756. The van der Waals surface area contributed by atoms with E-state index in [-0.39, 0.29) is 18.6 Å². The first-order valence-corrected chi connectivity index (χ1v) is 6.40. The van der Waals surface area contributed by atoms with Gasteiger partial charge in [-0.2, -0.15) is 0 Å². The highest BCUT2D eigenvalue weighted by Crippen LogP contribution is 2.31. The van der Waals surface area contributed by atoms with Crippen LogP contribution in [0.15, 0.2) is 24.3 Å². The fraction of sp³-hybridized carbons (Fsp3) is 0.500. The van der Waals surface area contributed by atoms with Crippen molar-refractivity contribution in [2.75, 3.05) is 40.4 Å². The molecule has 5 nitrogen and oxygen atoms in total. The van der Waals surface area contributed by atoms with Crippen LogP contribution in [0.2, 0.25) is 0 Å². The molecule has 1 unspecified atom stereocenters. The van der Waals surface area contributed by atoms with Crippen molar-refractivity contribution in [3.63, 3.8) is 0 Å². The van der Waals surface area contributed by atoms with Gasteiger partial charge < -0.3 is 19.6 Å². The molecular weight excluding hydrogens is 244 g/mol. The lowest BCUT2D eigenvalue weighted by molar-refractivity contribution is -0.135. The lowest BCUT2D eigenvalue weighted by Crippen LogP contribution is -2.42. The van der Waals surface area contributed by atoms with Gasteiger partial charge in [0, 0.05) is 5.56 Å². The van der Waals surface area contributed by atoms with Crippen LogP contribution in [0.5, 0.6) is 5.75 Å². The molecule has 2 rings (SSSR count). The van der Waals surface area contributed by atoms with E-state index in [2.05, 4.69) is 0 Å². The summed E-state index contributed by atoms with van der Waals surface area (Å²) in [5.41, 5.74) is 0.870. The minimum atomic E-state index is -0.328. The molecule has 0 spiro atoms. The third-order valence-electron chi connectivity index (χ3n) is 3.19. The summed E-state index contributed by atoms with van der Waals surface area (Å²) in [7, 11) is 3.71. The van der Waals surface area contributed by atoms with Crippen molar-refractivity contribution in [2.45, 2.75) is 6.04 Å². The Morgan fingerprint density at radius 3 is 2.89 bits per heavy atom. The van der Waals surface area contributed by atoms with E-state index in [0.29, 0.717) is 19.7 Å². The second-order valence-electron chi connectivity index (χ2n) is 4.91. The summed E-state index contributed by atoms with van der Waals surface area (Å²) in [6, 6.07) is 7.23. The molecule has 0 aliphatic carbocycles. The predicted octanol–water partition coefficient (Wildman–Crippen LogP) is 0.503. The maximum atomic E-state index is 12.3. The van der Waals surface area contributed by atoms with Gasteiger partial charge in [-0.15, -0.1) is 0 Å². The zero-order chi connectivity index (χ0) is 13.8. The second-order valence-corrected chi connectivity index (χ2v) is 4.91. The number of ether oxygens (including phenoxy) is 1. The Labute approximate surface area is 113 Å². The molecule has 0 radical (unpaired) electrons. The van der Waals surface area contributed by atoms with Crippen molar-refractivity contribution >= 4 is 5.91 Å². The van der Waals surface area contributed by atoms with Gasteiger partial charge in [0.05, 0.1) is 25.7 Å². The molecule has 0 fully saturated rings. The number of carbonyl (C=O) groups is 1. The highest BCUT2D eigenvalue weighted by atomic mass is 16.5. The maximum Gasteiger partial charge on any atom is 0.237 e. The molecule has 1 amide bonds. The minimum Gasteiger partial charge on any atom is -0.491 e. The smallest absolute Gasteiger partial charge is 0.237 e. The Morgan fingerprint density at radius 2 is 2.21 bits per heavy atom. The minimum absolute atomic E-state index is 0.00403. The first-order chi connectivity index (χ1) is 9.13. The van der Waals surface area contributed by atoms with Crippen molar-refractivity contribution in [3.8, 4) is 5.75 Å². The molecule has 0 saturated heterocycles. The number of hydrogen-bond acceptors (Lipinski definition) is 4. The quantitative estimate of drug-likeness (QED) is 0.864. The molecule has 1 aromatic carbocycles. The number of fused-ring (bicyclic) bond motifs is 1. The molecule has 1 atom stereocenters. The van der Waals surface area contributed by atoms with Gasteiger partial charge in [0.2, 0.25) is 5.91 Å². The molecular formula is C14H20N2O3. The number of benzene rings is 1. The Kier molecular flexibility index (Phi) is 4.39. The summed E-state index contributed by atoms with van der Waals surface area (Å²) in [6.45, 7) is 1.18. The number of amides is 1. The largest absolute Gasteiger partial charge is 0.491 e. The lowest BCUT2D eigenvalue weighted by Gasteiger charge is -2.29. The van der Waals surface area contributed by atoms with Crippen LogP contribution < -0.4 is 4.74 Å². The average molecular weight is 264 g/mol. The average Bonchev–Trinajstić information content (AvgIpc) is 2.56. The summed E-state index contributed by atoms with van der Waals surface area (Å²) in [6.07, 6.45) is 0. The van der Waals surface area contributed by atoms with E-state index in [4.69, 9.17) is 4.74 Å². The fourth-order valence-electron chi connectivity index (χ4n) is 2.32. The summed E-state index contributed by atoms with van der Waals surface area (Å²) in [5, 5.41) is 9.65. The number of aliphatic hydroxyl groups excluding tert-OH is 1. The third kappa shape index (κ3) is 3.05. The predicted molar refractivity (Wildman–Crippen MR) is 72.0 cm³/mol. The number of carbonyl (C=O) groups excluding carboxylic acids is 1. The van der Waals surface area contributed by atoms with E-state index < -0.39 is 0 Å². The van der Waals surface area contributed by atoms with Crippen LogP contribution in [0.4, 0.5) is 0 Å². The molecule has 1 aliphatic rings. The third-order valence-corrected chi connectivity index (χ3v) is 3.19. The van der Waals surface area contributed by atoms with Crippen molar-refractivity contribution in [1.82, 2.24) is 9.80 Å². The first kappa shape index (κ1) is 13.8. The van der Waals surface area contributed by atoms with E-state index in [9.17, 15) is 9.90 Å². The highest BCUT2D eigenvalue weighted by molar-refractivity contribution is 5.79. The Balaban J connectivity index is 2.28. The summed E-state index contributed by atoms with van der Waals surface area (Å²) >= 11 is 0. The van der Waals surface area contributed by atoms with Gasteiger partial charge in [-0.25, -0.2) is 0 Å².